The molecule has 1 N–H and O–H groups in total. The van der Waals surface area contributed by atoms with E-state index in [1.54, 1.807) is 6.08 Å². The molecule has 0 aromatic carbocycles. The quantitative estimate of drug-likeness (QED) is 0.423. The number of aliphatic carboxylic acids is 1. The zero-order valence-electron chi connectivity index (χ0n) is 10.5. The molecule has 0 spiro atoms. The molecule has 0 unspecified atom stereocenters. The van der Waals surface area contributed by atoms with Gasteiger partial charge in [0.15, 0.2) is 0 Å². The van der Waals surface area contributed by atoms with Crippen LogP contribution in [0.25, 0.3) is 0 Å². The summed E-state index contributed by atoms with van der Waals surface area (Å²) in [6.45, 7) is 4.03. The Morgan fingerprint density at radius 2 is 2.12 bits per heavy atom. The molecule has 98 valence electrons. The van der Waals surface area contributed by atoms with Crippen LogP contribution >= 0.6 is 0 Å². The number of allylic oxidation sites excluding steroid dienone is 1. The summed E-state index contributed by atoms with van der Waals surface area (Å²) in [4.78, 5) is 11.0. The SMILES string of the molecule is CCCCCOC(=CC1CCOCC1)C(=O)O. The molecule has 1 rings (SSSR count). The van der Waals surface area contributed by atoms with E-state index in [1.165, 1.54) is 0 Å². The minimum Gasteiger partial charge on any atom is -0.487 e. The molecule has 0 aromatic heterocycles. The molecule has 0 amide bonds. The molecule has 0 saturated carbocycles. The molecule has 0 bridgehead atoms. The van der Waals surface area contributed by atoms with Gasteiger partial charge in [-0.1, -0.05) is 19.8 Å². The fraction of sp³-hybridized carbons (Fsp3) is 0.769. The average molecular weight is 242 g/mol. The minimum atomic E-state index is -0.965. The Labute approximate surface area is 103 Å². The summed E-state index contributed by atoms with van der Waals surface area (Å²) in [5, 5.41) is 9.04. The van der Waals surface area contributed by atoms with E-state index < -0.39 is 5.97 Å². The van der Waals surface area contributed by atoms with E-state index in [0.29, 0.717) is 19.8 Å². The van der Waals surface area contributed by atoms with Crippen LogP contribution in [0.3, 0.4) is 0 Å². The number of hydrogen-bond acceptors (Lipinski definition) is 3. The highest BCUT2D eigenvalue weighted by Crippen LogP contribution is 2.18. The van der Waals surface area contributed by atoms with Crippen molar-refractivity contribution in [1.82, 2.24) is 0 Å². The van der Waals surface area contributed by atoms with E-state index in [9.17, 15) is 4.79 Å². The van der Waals surface area contributed by atoms with Gasteiger partial charge in [-0.3, -0.25) is 0 Å². The van der Waals surface area contributed by atoms with Crippen LogP contribution in [-0.2, 0) is 14.3 Å². The van der Waals surface area contributed by atoms with Crippen molar-refractivity contribution >= 4 is 5.97 Å². The van der Waals surface area contributed by atoms with E-state index in [1.807, 2.05) is 0 Å². The first-order chi connectivity index (χ1) is 8.24. The molecule has 0 radical (unpaired) electrons. The van der Waals surface area contributed by atoms with Crippen molar-refractivity contribution < 1.29 is 19.4 Å². The van der Waals surface area contributed by atoms with Gasteiger partial charge in [-0.05, 0) is 31.3 Å². The monoisotopic (exact) mass is 242 g/mol. The summed E-state index contributed by atoms with van der Waals surface area (Å²) in [6.07, 6.45) is 6.61. The third-order valence-corrected chi connectivity index (χ3v) is 2.87. The van der Waals surface area contributed by atoms with E-state index in [4.69, 9.17) is 14.6 Å². The largest absolute Gasteiger partial charge is 0.487 e. The van der Waals surface area contributed by atoms with Gasteiger partial charge in [0, 0.05) is 13.2 Å². The maximum absolute atomic E-state index is 11.0. The number of carboxylic acid groups (broad SMARTS) is 1. The highest BCUT2D eigenvalue weighted by molar-refractivity contribution is 5.84. The van der Waals surface area contributed by atoms with Crippen LogP contribution in [-0.4, -0.2) is 30.9 Å². The molecule has 1 aliphatic rings. The van der Waals surface area contributed by atoms with Crippen LogP contribution in [0.2, 0.25) is 0 Å². The summed E-state index contributed by atoms with van der Waals surface area (Å²) in [5.74, 6) is -0.581. The molecular weight excluding hydrogens is 220 g/mol. The summed E-state index contributed by atoms with van der Waals surface area (Å²) < 4.78 is 10.6. The van der Waals surface area contributed by atoms with Crippen molar-refractivity contribution in [2.75, 3.05) is 19.8 Å². The summed E-state index contributed by atoms with van der Waals surface area (Å²) in [6, 6.07) is 0. The zero-order valence-corrected chi connectivity index (χ0v) is 10.5. The van der Waals surface area contributed by atoms with Crippen LogP contribution in [0.15, 0.2) is 11.8 Å². The third-order valence-electron chi connectivity index (χ3n) is 2.87. The van der Waals surface area contributed by atoms with E-state index in [2.05, 4.69) is 6.92 Å². The van der Waals surface area contributed by atoms with Gasteiger partial charge in [0.2, 0.25) is 5.76 Å². The van der Waals surface area contributed by atoms with Crippen LogP contribution in [0.5, 0.6) is 0 Å². The highest BCUT2D eigenvalue weighted by Gasteiger charge is 2.16. The molecule has 1 saturated heterocycles. The Hall–Kier alpha value is -1.03. The summed E-state index contributed by atoms with van der Waals surface area (Å²) in [7, 11) is 0. The molecule has 1 aliphatic heterocycles. The van der Waals surface area contributed by atoms with Crippen molar-refractivity contribution in [2.24, 2.45) is 5.92 Å². The molecule has 1 fully saturated rings. The molecule has 0 aliphatic carbocycles. The van der Waals surface area contributed by atoms with Gasteiger partial charge in [0.1, 0.15) is 0 Å². The first kappa shape index (κ1) is 14.0. The van der Waals surface area contributed by atoms with Crippen molar-refractivity contribution in [1.29, 1.82) is 0 Å². The second kappa shape index (κ2) is 8.12. The molecule has 0 atom stereocenters. The van der Waals surface area contributed by atoms with Gasteiger partial charge in [-0.2, -0.15) is 0 Å². The molecule has 1 heterocycles. The number of hydrogen-bond donors (Lipinski definition) is 1. The normalized spacial score (nSPS) is 18.1. The molecular formula is C13H22O4. The fourth-order valence-corrected chi connectivity index (χ4v) is 1.81. The van der Waals surface area contributed by atoms with E-state index in [0.717, 1.165) is 32.1 Å². The third kappa shape index (κ3) is 5.73. The van der Waals surface area contributed by atoms with Gasteiger partial charge in [-0.25, -0.2) is 4.79 Å². The second-order valence-electron chi connectivity index (χ2n) is 4.34. The Balaban J connectivity index is 2.40. The topological polar surface area (TPSA) is 55.8 Å². The number of carbonyl (C=O) groups is 1. The van der Waals surface area contributed by atoms with Crippen molar-refractivity contribution in [3.05, 3.63) is 11.8 Å². The lowest BCUT2D eigenvalue weighted by atomic mass is 9.99. The Bertz CT molecular complexity index is 254. The molecule has 0 aromatic rings. The standard InChI is InChI=1S/C13H22O4/c1-2-3-4-7-17-12(13(14)15)10-11-5-8-16-9-6-11/h10-11H,2-9H2,1H3,(H,14,15). The molecule has 4 heteroatoms. The predicted molar refractivity (Wildman–Crippen MR) is 64.7 cm³/mol. The highest BCUT2D eigenvalue weighted by atomic mass is 16.5. The van der Waals surface area contributed by atoms with Crippen LogP contribution in [0.4, 0.5) is 0 Å². The number of rotatable bonds is 7. The summed E-state index contributed by atoms with van der Waals surface area (Å²) in [5.41, 5.74) is 0. The second-order valence-corrected chi connectivity index (χ2v) is 4.34. The van der Waals surface area contributed by atoms with Crippen molar-refractivity contribution in [3.8, 4) is 0 Å². The van der Waals surface area contributed by atoms with Gasteiger partial charge < -0.3 is 14.6 Å². The number of ether oxygens (including phenoxy) is 2. The Kier molecular flexibility index (Phi) is 6.70. The predicted octanol–water partition coefficient (Wildman–Crippen LogP) is 2.59. The lowest BCUT2D eigenvalue weighted by molar-refractivity contribution is -0.136. The maximum atomic E-state index is 11.0. The number of carboxylic acids is 1. The fourth-order valence-electron chi connectivity index (χ4n) is 1.81. The smallest absolute Gasteiger partial charge is 0.370 e. The Morgan fingerprint density at radius 3 is 2.71 bits per heavy atom. The van der Waals surface area contributed by atoms with Crippen LogP contribution < -0.4 is 0 Å². The van der Waals surface area contributed by atoms with Gasteiger partial charge in [-0.15, -0.1) is 0 Å². The van der Waals surface area contributed by atoms with Crippen molar-refractivity contribution in [3.63, 3.8) is 0 Å². The molecule has 17 heavy (non-hydrogen) atoms. The first-order valence-corrected chi connectivity index (χ1v) is 6.39. The van der Waals surface area contributed by atoms with E-state index in [-0.39, 0.29) is 11.7 Å². The lowest BCUT2D eigenvalue weighted by Gasteiger charge is -2.19. The van der Waals surface area contributed by atoms with Crippen LogP contribution in [0.1, 0.15) is 39.0 Å². The van der Waals surface area contributed by atoms with E-state index >= 15 is 0 Å². The average Bonchev–Trinajstić information content (AvgIpc) is 2.34. The first-order valence-electron chi connectivity index (χ1n) is 6.39. The minimum absolute atomic E-state index is 0.105. The number of unbranched alkanes of at least 4 members (excludes halogenated alkanes) is 2. The van der Waals surface area contributed by atoms with Gasteiger partial charge in [0.25, 0.3) is 0 Å². The zero-order chi connectivity index (χ0) is 12.5. The maximum Gasteiger partial charge on any atom is 0.370 e. The van der Waals surface area contributed by atoms with Gasteiger partial charge >= 0.3 is 5.97 Å². The summed E-state index contributed by atoms with van der Waals surface area (Å²) >= 11 is 0. The van der Waals surface area contributed by atoms with Crippen molar-refractivity contribution in [2.45, 2.75) is 39.0 Å². The lowest BCUT2D eigenvalue weighted by Crippen LogP contribution is -2.16. The van der Waals surface area contributed by atoms with Crippen LogP contribution in [0, 0.1) is 5.92 Å². The van der Waals surface area contributed by atoms with Gasteiger partial charge in [0.05, 0.1) is 6.61 Å². The molecule has 4 nitrogen and oxygen atoms in total. The Morgan fingerprint density at radius 1 is 1.41 bits per heavy atom.